The molecule has 2 unspecified atom stereocenters. The van der Waals surface area contributed by atoms with Gasteiger partial charge in [0, 0.05) is 37.6 Å². The normalized spacial score (nSPS) is 20.2. The fourth-order valence-electron chi connectivity index (χ4n) is 5.32. The van der Waals surface area contributed by atoms with Crippen LogP contribution in [0.5, 0.6) is 5.75 Å². The number of sulfonamides is 1. The molecule has 2 fully saturated rings. The van der Waals surface area contributed by atoms with E-state index in [0.717, 1.165) is 18.4 Å². The Bertz CT molecular complexity index is 1470. The summed E-state index contributed by atoms with van der Waals surface area (Å²) in [5.41, 5.74) is 1.48. The van der Waals surface area contributed by atoms with Gasteiger partial charge in [0.15, 0.2) is 0 Å². The van der Waals surface area contributed by atoms with Crippen molar-refractivity contribution in [1.29, 1.82) is 0 Å². The molecule has 3 aromatic rings. The number of hydrogen-bond donors (Lipinski definition) is 0. The van der Waals surface area contributed by atoms with Gasteiger partial charge in [0.1, 0.15) is 11.8 Å². The summed E-state index contributed by atoms with van der Waals surface area (Å²) >= 11 is 6.19. The molecule has 9 nitrogen and oxygen atoms in total. The Morgan fingerprint density at radius 2 is 1.73 bits per heavy atom. The molecule has 214 valence electrons. The highest BCUT2D eigenvalue weighted by Crippen LogP contribution is 2.32. The van der Waals surface area contributed by atoms with Gasteiger partial charge in [-0.05, 0) is 50.5 Å². The number of ether oxygens (including phenoxy) is 2. The highest BCUT2D eigenvalue weighted by atomic mass is 35.5. The van der Waals surface area contributed by atoms with Crippen LogP contribution in [0.1, 0.15) is 38.7 Å². The van der Waals surface area contributed by atoms with E-state index in [1.807, 2.05) is 49.1 Å². The summed E-state index contributed by atoms with van der Waals surface area (Å²) in [7, 11) is -3.47. The number of anilines is 1. The van der Waals surface area contributed by atoms with E-state index in [2.05, 4.69) is 5.10 Å². The van der Waals surface area contributed by atoms with Gasteiger partial charge in [-0.2, -0.15) is 14.1 Å². The van der Waals surface area contributed by atoms with E-state index < -0.39 is 10.0 Å². The maximum Gasteiger partial charge on any atom is 0.316 e. The molecule has 0 N–H and O–H groups in total. The van der Waals surface area contributed by atoms with Gasteiger partial charge in [-0.25, -0.2) is 8.42 Å². The lowest BCUT2D eigenvalue weighted by molar-refractivity contribution is 0.00677. The van der Waals surface area contributed by atoms with Crippen molar-refractivity contribution >= 4 is 27.3 Å². The van der Waals surface area contributed by atoms with Gasteiger partial charge in [-0.3, -0.25) is 4.79 Å². The Kier molecular flexibility index (Phi) is 8.80. The molecule has 1 aromatic heterocycles. The molecular formula is C29H35ClN4O5S. The number of aromatic nitrogens is 2. The number of hydrogen-bond acceptors (Lipinski definition) is 7. The van der Waals surface area contributed by atoms with Crippen molar-refractivity contribution in [1.82, 2.24) is 14.1 Å². The predicted octanol–water partition coefficient (Wildman–Crippen LogP) is 4.26. The van der Waals surface area contributed by atoms with Gasteiger partial charge < -0.3 is 14.4 Å². The van der Waals surface area contributed by atoms with E-state index in [4.69, 9.17) is 21.1 Å². The van der Waals surface area contributed by atoms with Crippen molar-refractivity contribution < 1.29 is 17.9 Å². The van der Waals surface area contributed by atoms with Gasteiger partial charge in [0.25, 0.3) is 0 Å². The number of nitrogens with zero attached hydrogens (tertiary/aromatic N) is 4. The van der Waals surface area contributed by atoms with Crippen molar-refractivity contribution in [3.63, 3.8) is 0 Å². The van der Waals surface area contributed by atoms with Crippen molar-refractivity contribution in [3.05, 3.63) is 81.7 Å². The highest BCUT2D eigenvalue weighted by molar-refractivity contribution is 7.88. The van der Waals surface area contributed by atoms with Crippen LogP contribution in [0.3, 0.4) is 0 Å². The smallest absolute Gasteiger partial charge is 0.316 e. The zero-order valence-electron chi connectivity index (χ0n) is 22.8. The average Bonchev–Trinajstić information content (AvgIpc) is 3.36. The van der Waals surface area contributed by atoms with Crippen molar-refractivity contribution in [3.8, 4) is 11.4 Å². The molecule has 0 bridgehead atoms. The van der Waals surface area contributed by atoms with Gasteiger partial charge >= 0.3 is 5.56 Å². The maximum absolute atomic E-state index is 13.8. The lowest BCUT2D eigenvalue weighted by Gasteiger charge is -2.36. The Morgan fingerprint density at radius 3 is 2.42 bits per heavy atom. The predicted molar refractivity (Wildman–Crippen MR) is 156 cm³/mol. The molecule has 2 aromatic carbocycles. The molecule has 2 aliphatic rings. The molecule has 5 rings (SSSR count). The summed E-state index contributed by atoms with van der Waals surface area (Å²) < 4.78 is 41.4. The third-order valence-corrected chi connectivity index (χ3v) is 9.30. The van der Waals surface area contributed by atoms with Crippen LogP contribution in [-0.4, -0.2) is 67.0 Å². The zero-order valence-corrected chi connectivity index (χ0v) is 24.4. The van der Waals surface area contributed by atoms with Crippen LogP contribution in [0.4, 0.5) is 5.69 Å². The lowest BCUT2D eigenvalue weighted by Crippen LogP contribution is -2.49. The minimum atomic E-state index is -3.47. The SMILES string of the molecule is CC(C)OC1CCC(Oc2c(N3CCN(S(=O)(=O)Cc4ccccc4)CC3)cnn(-c3cccc(Cl)c3)c2=O)C1. The Labute approximate surface area is 240 Å². The van der Waals surface area contributed by atoms with E-state index in [1.54, 1.807) is 30.5 Å². The Morgan fingerprint density at radius 1 is 1.00 bits per heavy atom. The van der Waals surface area contributed by atoms with E-state index in [1.165, 1.54) is 8.99 Å². The second kappa shape index (κ2) is 12.3. The van der Waals surface area contributed by atoms with Crippen molar-refractivity contribution in [2.45, 2.75) is 57.2 Å². The first-order valence-electron chi connectivity index (χ1n) is 13.7. The summed E-state index contributed by atoms with van der Waals surface area (Å²) in [6, 6.07) is 16.1. The average molecular weight is 587 g/mol. The topological polar surface area (TPSA) is 94.0 Å². The first-order valence-corrected chi connectivity index (χ1v) is 15.7. The second-order valence-electron chi connectivity index (χ2n) is 10.5. The minimum absolute atomic E-state index is 0.0409. The molecule has 1 aliphatic heterocycles. The summed E-state index contributed by atoms with van der Waals surface area (Å²) in [4.78, 5) is 15.8. The summed E-state index contributed by atoms with van der Waals surface area (Å²) in [5.74, 6) is 0.173. The number of halogens is 1. The summed E-state index contributed by atoms with van der Waals surface area (Å²) in [6.45, 7) is 5.46. The number of rotatable bonds is 9. The largest absolute Gasteiger partial charge is 0.483 e. The standard InChI is InChI=1S/C29H35ClN4O5S/c1-21(2)38-25-11-12-26(18-25)39-28-27(19-31-34(29(28)35)24-10-6-9-23(30)17-24)32-13-15-33(16-14-32)40(36,37)20-22-7-4-3-5-8-22/h3-10,17,19,21,25-26H,11-16,18,20H2,1-2H3. The molecule has 40 heavy (non-hydrogen) atoms. The van der Waals surface area contributed by atoms with E-state index in [9.17, 15) is 13.2 Å². The fraction of sp³-hybridized carbons (Fsp3) is 0.448. The first kappa shape index (κ1) is 28.6. The molecule has 2 heterocycles. The Balaban J connectivity index is 1.38. The fourth-order valence-corrected chi connectivity index (χ4v) is 7.02. The van der Waals surface area contributed by atoms with Crippen LogP contribution in [0.15, 0.2) is 65.6 Å². The zero-order chi connectivity index (χ0) is 28.3. The Hall–Kier alpha value is -2.92. The summed E-state index contributed by atoms with van der Waals surface area (Å²) in [5, 5.41) is 4.94. The molecule has 1 aliphatic carbocycles. The molecule has 0 spiro atoms. The van der Waals surface area contributed by atoms with E-state index in [0.29, 0.717) is 49.0 Å². The highest BCUT2D eigenvalue weighted by Gasteiger charge is 2.32. The van der Waals surface area contributed by atoms with Crippen LogP contribution in [0, 0.1) is 0 Å². The molecular weight excluding hydrogens is 552 g/mol. The summed E-state index contributed by atoms with van der Waals surface area (Å²) in [6.07, 6.45) is 4.01. The van der Waals surface area contributed by atoms with Gasteiger partial charge in [-0.1, -0.05) is 48.0 Å². The van der Waals surface area contributed by atoms with Crippen LogP contribution >= 0.6 is 11.6 Å². The molecule has 11 heteroatoms. The molecule has 2 atom stereocenters. The van der Waals surface area contributed by atoms with Crippen LogP contribution < -0.4 is 15.2 Å². The molecule has 0 amide bonds. The van der Waals surface area contributed by atoms with Gasteiger partial charge in [0.05, 0.1) is 29.8 Å². The first-order chi connectivity index (χ1) is 19.2. The monoisotopic (exact) mass is 586 g/mol. The quantitative estimate of drug-likeness (QED) is 0.370. The van der Waals surface area contributed by atoms with Crippen molar-refractivity contribution in [2.75, 3.05) is 31.1 Å². The van der Waals surface area contributed by atoms with Crippen LogP contribution in [-0.2, 0) is 20.5 Å². The van der Waals surface area contributed by atoms with Gasteiger partial charge in [-0.15, -0.1) is 0 Å². The second-order valence-corrected chi connectivity index (χ2v) is 12.9. The third kappa shape index (κ3) is 6.68. The maximum atomic E-state index is 13.8. The number of benzene rings is 2. The van der Waals surface area contributed by atoms with Crippen LogP contribution in [0.25, 0.3) is 5.69 Å². The number of piperazine rings is 1. The minimum Gasteiger partial charge on any atom is -0.483 e. The molecule has 1 saturated carbocycles. The molecule has 0 radical (unpaired) electrons. The van der Waals surface area contributed by atoms with Crippen LogP contribution in [0.2, 0.25) is 5.02 Å². The lowest BCUT2D eigenvalue weighted by atomic mass is 10.2. The van der Waals surface area contributed by atoms with E-state index >= 15 is 0 Å². The third-order valence-electron chi connectivity index (χ3n) is 7.22. The van der Waals surface area contributed by atoms with Crippen molar-refractivity contribution in [2.24, 2.45) is 0 Å². The van der Waals surface area contributed by atoms with Gasteiger partial charge in [0.2, 0.25) is 15.8 Å². The van der Waals surface area contributed by atoms with E-state index in [-0.39, 0.29) is 35.4 Å². The molecule has 1 saturated heterocycles.